The second-order valence-electron chi connectivity index (χ2n) is 12.5. The van der Waals surface area contributed by atoms with E-state index in [0.29, 0.717) is 43.6 Å². The maximum Gasteiger partial charge on any atom is 1.00 e. The molecule has 0 amide bonds. The first-order chi connectivity index (χ1) is 21.8. The SMILES string of the molecule is CC1=NN(CCC(=O)O)/C(=C/C=C/C=C/C2=[N+](CCCCCC(=O)O)c3ccc(S(=O)(=O)O)cc3C2(C)C)C1(C)CCCS(=O)(=O)O.[Na+].[Na+]. The van der Waals surface area contributed by atoms with Crippen molar-refractivity contribution in [2.24, 2.45) is 10.5 Å². The number of benzene rings is 1. The molecular weight excluding hydrogens is 696 g/mol. The maximum atomic E-state index is 11.9. The van der Waals surface area contributed by atoms with Gasteiger partial charge in [-0.3, -0.25) is 23.7 Å². The molecule has 0 aromatic heterocycles. The number of rotatable bonds is 17. The maximum absolute atomic E-state index is 11.9. The molecule has 1 atom stereocenters. The fourth-order valence-electron chi connectivity index (χ4n) is 6.01. The van der Waals surface area contributed by atoms with Crippen LogP contribution in [0.4, 0.5) is 5.69 Å². The number of hydrogen-bond acceptors (Lipinski definition) is 8. The van der Waals surface area contributed by atoms with Crippen LogP contribution in [0.2, 0.25) is 0 Å². The smallest absolute Gasteiger partial charge is 0.481 e. The number of carboxylic acids is 2. The van der Waals surface area contributed by atoms with Crippen molar-refractivity contribution in [1.82, 2.24) is 5.01 Å². The topological polar surface area (TPSA) is 202 Å². The molecule has 1 unspecified atom stereocenters. The summed E-state index contributed by atoms with van der Waals surface area (Å²) in [4.78, 5) is 22.0. The summed E-state index contributed by atoms with van der Waals surface area (Å²) < 4.78 is 67.4. The van der Waals surface area contributed by atoms with Crippen molar-refractivity contribution < 1.29 is 109 Å². The van der Waals surface area contributed by atoms with Gasteiger partial charge in [0.25, 0.3) is 20.2 Å². The zero-order valence-corrected chi connectivity index (χ0v) is 34.7. The Balaban J connectivity index is 0.00000600. The summed E-state index contributed by atoms with van der Waals surface area (Å²) in [5, 5.41) is 24.4. The van der Waals surface area contributed by atoms with E-state index in [1.54, 1.807) is 36.2 Å². The van der Waals surface area contributed by atoms with E-state index in [2.05, 4.69) is 9.68 Å². The second kappa shape index (κ2) is 18.7. The number of unbranched alkanes of at least 4 members (excludes halogenated alkanes) is 2. The van der Waals surface area contributed by atoms with E-state index < -0.39 is 48.8 Å². The van der Waals surface area contributed by atoms with Gasteiger partial charge in [0.05, 0.1) is 29.0 Å². The van der Waals surface area contributed by atoms with E-state index >= 15 is 0 Å². The van der Waals surface area contributed by atoms with Gasteiger partial charge in [-0.05, 0) is 71.6 Å². The number of fused-ring (bicyclic) bond motifs is 1. The molecule has 1 aromatic rings. The van der Waals surface area contributed by atoms with Crippen molar-refractivity contribution in [3.05, 3.63) is 59.8 Å². The molecule has 0 spiro atoms. The minimum atomic E-state index is -4.42. The molecule has 0 saturated carbocycles. The third-order valence-electron chi connectivity index (χ3n) is 8.69. The average Bonchev–Trinajstić information content (AvgIpc) is 3.31. The van der Waals surface area contributed by atoms with E-state index in [1.165, 1.54) is 12.1 Å². The third kappa shape index (κ3) is 12.2. The summed E-state index contributed by atoms with van der Waals surface area (Å²) in [5.41, 5.74) is 2.43. The largest absolute Gasteiger partial charge is 1.00 e. The summed E-state index contributed by atoms with van der Waals surface area (Å²) in [6.45, 7) is 8.28. The Morgan fingerprint density at radius 2 is 1.57 bits per heavy atom. The molecule has 1 aromatic carbocycles. The molecule has 0 fully saturated rings. The quantitative estimate of drug-likeness (QED) is 0.0492. The van der Waals surface area contributed by atoms with Gasteiger partial charge in [-0.25, -0.2) is 0 Å². The van der Waals surface area contributed by atoms with Crippen molar-refractivity contribution in [1.29, 1.82) is 0 Å². The van der Waals surface area contributed by atoms with Gasteiger partial charge in [-0.2, -0.15) is 26.5 Å². The van der Waals surface area contributed by atoms with Crippen LogP contribution in [0.1, 0.15) is 78.2 Å². The Hall–Kier alpha value is -1.66. The van der Waals surface area contributed by atoms with Crippen molar-refractivity contribution >= 4 is 49.3 Å². The van der Waals surface area contributed by atoms with Gasteiger partial charge in [-0.1, -0.05) is 18.2 Å². The predicted molar refractivity (Wildman–Crippen MR) is 177 cm³/mol. The Labute approximate surface area is 333 Å². The Bertz CT molecular complexity index is 1770. The first-order valence-corrected chi connectivity index (χ1v) is 18.4. The number of allylic oxidation sites excluding steroid dienone is 6. The molecule has 0 bridgehead atoms. The first-order valence-electron chi connectivity index (χ1n) is 15.3. The fraction of sp³-hybridized carbons (Fsp3) is 0.500. The van der Waals surface area contributed by atoms with Crippen LogP contribution < -0.4 is 59.1 Å². The average molecular weight is 741 g/mol. The van der Waals surface area contributed by atoms with Gasteiger partial charge >= 0.3 is 71.1 Å². The molecule has 17 heteroatoms. The van der Waals surface area contributed by atoms with Crippen LogP contribution >= 0.6 is 0 Å². The van der Waals surface area contributed by atoms with E-state index in [0.717, 1.165) is 17.0 Å². The van der Waals surface area contributed by atoms with Crippen LogP contribution in [0.25, 0.3) is 0 Å². The van der Waals surface area contributed by atoms with Crippen molar-refractivity contribution in [2.45, 2.75) is 83.0 Å². The first kappa shape index (κ1) is 45.4. The molecule has 2 heterocycles. The van der Waals surface area contributed by atoms with E-state index in [4.69, 9.17) is 5.11 Å². The third-order valence-corrected chi connectivity index (χ3v) is 10.3. The van der Waals surface area contributed by atoms with Crippen LogP contribution in [0.5, 0.6) is 0 Å². The minimum Gasteiger partial charge on any atom is -0.481 e. The van der Waals surface area contributed by atoms with Crippen molar-refractivity contribution in [3.63, 3.8) is 0 Å². The fourth-order valence-corrected chi connectivity index (χ4v) is 7.03. The van der Waals surface area contributed by atoms with E-state index in [-0.39, 0.29) is 89.8 Å². The van der Waals surface area contributed by atoms with E-state index in [9.17, 15) is 40.6 Å². The predicted octanol–water partition coefficient (Wildman–Crippen LogP) is -1.20. The van der Waals surface area contributed by atoms with Crippen molar-refractivity contribution in [3.8, 4) is 0 Å². The zero-order valence-electron chi connectivity index (χ0n) is 29.1. The normalized spacial score (nSPS) is 19.7. The monoisotopic (exact) mass is 740 g/mol. The Morgan fingerprint density at radius 1 is 0.918 bits per heavy atom. The Kier molecular flexibility index (Phi) is 17.3. The van der Waals surface area contributed by atoms with Crippen LogP contribution in [-0.2, 0) is 35.2 Å². The summed E-state index contributed by atoms with van der Waals surface area (Å²) in [6, 6.07) is 4.49. The molecule has 4 N–H and O–H groups in total. The van der Waals surface area contributed by atoms with E-state index in [1.807, 2.05) is 32.9 Å². The summed E-state index contributed by atoms with van der Waals surface area (Å²) in [5.74, 6) is -2.24. The van der Waals surface area contributed by atoms with Gasteiger partial charge in [-0.15, -0.1) is 0 Å². The van der Waals surface area contributed by atoms with Gasteiger partial charge in [0.1, 0.15) is 6.54 Å². The molecule has 13 nitrogen and oxygen atoms in total. The molecule has 49 heavy (non-hydrogen) atoms. The standard InChI is InChI=1S/C32H43N3O10S2.2Na/c1-23-32(4,18-11-21-46(40,41)42)28(35(33-23)20-17-30(38)39)13-8-5-7-12-27-31(2,3)25-22-24(47(43,44)45)15-16-26(25)34(27)19-10-6-9-14-29(36)37;;/h5,7-8,12-13,15-16,22H,6,9-11,14,17-21H2,1-4H3,(H3-,36,37,38,39,40,41,42,43,44,45);;/q;2*+1/p+1. The molecule has 2 aliphatic rings. The summed E-state index contributed by atoms with van der Waals surface area (Å²) >= 11 is 0. The molecule has 0 aliphatic carbocycles. The van der Waals surface area contributed by atoms with Gasteiger partial charge in [0.2, 0.25) is 5.69 Å². The molecule has 2 aliphatic heterocycles. The van der Waals surface area contributed by atoms with Gasteiger partial charge < -0.3 is 10.2 Å². The van der Waals surface area contributed by atoms with Gasteiger partial charge in [0.15, 0.2) is 5.71 Å². The molecule has 0 radical (unpaired) electrons. The number of nitrogens with zero attached hydrogens (tertiary/aromatic N) is 3. The van der Waals surface area contributed by atoms with Gasteiger partial charge in [0, 0.05) is 47.4 Å². The minimum absolute atomic E-state index is 0. The van der Waals surface area contributed by atoms with Crippen LogP contribution in [0.3, 0.4) is 0 Å². The number of hydrazone groups is 1. The number of carboxylic acid groups (broad SMARTS) is 2. The molecular formula is C32H44N3Na2O10S2+3. The number of hydrogen-bond donors (Lipinski definition) is 4. The molecule has 0 saturated heterocycles. The van der Waals surface area contributed by atoms with Crippen LogP contribution in [0, 0.1) is 5.41 Å². The summed E-state index contributed by atoms with van der Waals surface area (Å²) in [7, 11) is -8.57. The molecule has 258 valence electrons. The van der Waals surface area contributed by atoms with Crippen LogP contribution in [-0.4, -0.2) is 87.9 Å². The number of carbonyl (C=O) groups is 2. The Morgan fingerprint density at radius 3 is 2.16 bits per heavy atom. The zero-order chi connectivity index (χ0) is 35.2. The number of aliphatic carboxylic acids is 2. The van der Waals surface area contributed by atoms with Crippen molar-refractivity contribution in [2.75, 3.05) is 18.8 Å². The second-order valence-corrected chi connectivity index (χ2v) is 15.5. The molecule has 3 rings (SSSR count). The van der Waals surface area contributed by atoms with Crippen LogP contribution in [0.15, 0.2) is 64.3 Å². The summed E-state index contributed by atoms with van der Waals surface area (Å²) in [6.07, 6.45) is 11.5.